The van der Waals surface area contributed by atoms with Crippen molar-refractivity contribution in [2.24, 2.45) is 0 Å². The fourth-order valence-corrected chi connectivity index (χ4v) is 1.94. The van der Waals surface area contributed by atoms with E-state index in [2.05, 4.69) is 27.9 Å². The minimum absolute atomic E-state index is 0.213. The van der Waals surface area contributed by atoms with E-state index in [-0.39, 0.29) is 12.3 Å². The molecule has 0 aliphatic carbocycles. The van der Waals surface area contributed by atoms with Gasteiger partial charge in [-0.25, -0.2) is 4.79 Å². The highest BCUT2D eigenvalue weighted by molar-refractivity contribution is 14.1. The van der Waals surface area contributed by atoms with Gasteiger partial charge < -0.3 is 10.4 Å². The van der Waals surface area contributed by atoms with Crippen LogP contribution in [0.25, 0.3) is 0 Å². The zero-order valence-electron chi connectivity index (χ0n) is 10.1. The van der Waals surface area contributed by atoms with E-state index in [4.69, 9.17) is 5.11 Å². The molecule has 4 nitrogen and oxygen atoms in total. The first-order valence-electron chi connectivity index (χ1n) is 5.79. The highest BCUT2D eigenvalue weighted by Crippen LogP contribution is 2.07. The van der Waals surface area contributed by atoms with Gasteiger partial charge >= 0.3 is 5.97 Å². The maximum absolute atomic E-state index is 11.7. The zero-order valence-corrected chi connectivity index (χ0v) is 12.3. The molecule has 1 rings (SSSR count). The summed E-state index contributed by atoms with van der Waals surface area (Å²) in [5.41, 5.74) is 0.883. The van der Waals surface area contributed by atoms with Gasteiger partial charge in [0, 0.05) is 3.57 Å². The minimum Gasteiger partial charge on any atom is -0.480 e. The number of aliphatic carboxylic acids is 1. The first-order chi connectivity index (χ1) is 8.52. The van der Waals surface area contributed by atoms with Crippen LogP contribution in [0.3, 0.4) is 0 Å². The van der Waals surface area contributed by atoms with Crippen LogP contribution in [0.15, 0.2) is 24.3 Å². The van der Waals surface area contributed by atoms with E-state index >= 15 is 0 Å². The van der Waals surface area contributed by atoms with Gasteiger partial charge in [-0.1, -0.05) is 25.5 Å². The van der Waals surface area contributed by atoms with Crippen molar-refractivity contribution in [3.8, 4) is 0 Å². The Kier molecular flexibility index (Phi) is 6.11. The van der Waals surface area contributed by atoms with Crippen molar-refractivity contribution in [3.05, 3.63) is 33.4 Å². The maximum atomic E-state index is 11.7. The van der Waals surface area contributed by atoms with Crippen LogP contribution in [0.1, 0.15) is 25.3 Å². The third-order valence-corrected chi connectivity index (χ3v) is 3.21. The second kappa shape index (κ2) is 7.35. The molecule has 1 aromatic rings. The SMILES string of the molecule is CCCC(NC(=O)Cc1ccc(I)cc1)C(=O)O. The van der Waals surface area contributed by atoms with Crippen molar-refractivity contribution >= 4 is 34.5 Å². The molecule has 2 N–H and O–H groups in total. The van der Waals surface area contributed by atoms with E-state index in [1.807, 2.05) is 31.2 Å². The molecule has 0 aliphatic rings. The van der Waals surface area contributed by atoms with Crippen LogP contribution in [0.2, 0.25) is 0 Å². The number of carbonyl (C=O) groups is 2. The average molecular weight is 361 g/mol. The predicted octanol–water partition coefficient (Wildman–Crippen LogP) is 2.20. The number of halogens is 1. The lowest BCUT2D eigenvalue weighted by Crippen LogP contribution is -2.41. The first-order valence-corrected chi connectivity index (χ1v) is 6.87. The van der Waals surface area contributed by atoms with Gasteiger partial charge in [0.05, 0.1) is 6.42 Å². The standard InChI is InChI=1S/C13H16INO3/c1-2-3-11(13(17)18)15-12(16)8-9-4-6-10(14)7-5-9/h4-7,11H,2-3,8H2,1H3,(H,15,16)(H,17,18). The Balaban J connectivity index is 2.54. The van der Waals surface area contributed by atoms with E-state index in [0.717, 1.165) is 15.6 Å². The summed E-state index contributed by atoms with van der Waals surface area (Å²) in [6.45, 7) is 1.89. The van der Waals surface area contributed by atoms with Gasteiger partial charge in [0.1, 0.15) is 6.04 Å². The molecule has 1 unspecified atom stereocenters. The Labute approximate surface area is 120 Å². The Morgan fingerprint density at radius 3 is 2.44 bits per heavy atom. The molecule has 0 radical (unpaired) electrons. The number of carbonyl (C=O) groups excluding carboxylic acids is 1. The summed E-state index contributed by atoms with van der Waals surface area (Å²) < 4.78 is 1.10. The lowest BCUT2D eigenvalue weighted by molar-refractivity contribution is -0.141. The van der Waals surface area contributed by atoms with Crippen molar-refractivity contribution in [1.29, 1.82) is 0 Å². The third-order valence-electron chi connectivity index (χ3n) is 2.49. The summed E-state index contributed by atoms with van der Waals surface area (Å²) in [6, 6.07) is 6.80. The predicted molar refractivity (Wildman–Crippen MR) is 77.3 cm³/mol. The van der Waals surface area contributed by atoms with Crippen LogP contribution < -0.4 is 5.32 Å². The van der Waals surface area contributed by atoms with Crippen LogP contribution in [0.5, 0.6) is 0 Å². The molecule has 1 atom stereocenters. The molecule has 0 saturated carbocycles. The van der Waals surface area contributed by atoms with Crippen molar-refractivity contribution in [1.82, 2.24) is 5.32 Å². The van der Waals surface area contributed by atoms with E-state index in [1.54, 1.807) is 0 Å². The zero-order chi connectivity index (χ0) is 13.5. The lowest BCUT2D eigenvalue weighted by atomic mass is 10.1. The summed E-state index contributed by atoms with van der Waals surface area (Å²) >= 11 is 2.19. The van der Waals surface area contributed by atoms with Crippen LogP contribution in [0.4, 0.5) is 0 Å². The smallest absolute Gasteiger partial charge is 0.326 e. The van der Waals surface area contributed by atoms with E-state index in [1.165, 1.54) is 0 Å². The molecule has 98 valence electrons. The highest BCUT2D eigenvalue weighted by Gasteiger charge is 2.18. The summed E-state index contributed by atoms with van der Waals surface area (Å²) in [5.74, 6) is -1.23. The Morgan fingerprint density at radius 1 is 1.33 bits per heavy atom. The minimum atomic E-state index is -0.979. The van der Waals surface area contributed by atoms with Crippen molar-refractivity contribution < 1.29 is 14.7 Å². The Bertz CT molecular complexity index is 417. The molecular formula is C13H16INO3. The van der Waals surface area contributed by atoms with Crippen LogP contribution >= 0.6 is 22.6 Å². The molecule has 0 aromatic heterocycles. The first kappa shape index (κ1) is 14.9. The summed E-state index contributed by atoms with van der Waals surface area (Å²) in [7, 11) is 0. The number of nitrogens with one attached hydrogen (secondary N) is 1. The van der Waals surface area contributed by atoms with E-state index in [0.29, 0.717) is 6.42 Å². The van der Waals surface area contributed by atoms with Gasteiger partial charge in [0.25, 0.3) is 0 Å². The molecule has 0 spiro atoms. The number of carboxylic acid groups (broad SMARTS) is 1. The van der Waals surface area contributed by atoms with Crippen LogP contribution in [0, 0.1) is 3.57 Å². The number of carboxylic acids is 1. The quantitative estimate of drug-likeness (QED) is 0.764. The molecular weight excluding hydrogens is 345 g/mol. The second-order valence-corrected chi connectivity index (χ2v) is 5.30. The van der Waals surface area contributed by atoms with Gasteiger partial charge in [-0.3, -0.25) is 4.79 Å². The molecule has 0 aliphatic heterocycles. The summed E-state index contributed by atoms with van der Waals surface area (Å²) in [5, 5.41) is 11.5. The number of benzene rings is 1. The monoisotopic (exact) mass is 361 g/mol. The van der Waals surface area contributed by atoms with Gasteiger partial charge in [0.2, 0.25) is 5.91 Å². The van der Waals surface area contributed by atoms with Crippen molar-refractivity contribution in [2.45, 2.75) is 32.2 Å². The Hall–Kier alpha value is -1.11. The van der Waals surface area contributed by atoms with Crippen LogP contribution in [-0.4, -0.2) is 23.0 Å². The molecule has 1 amide bonds. The fourth-order valence-electron chi connectivity index (χ4n) is 1.58. The van der Waals surface area contributed by atoms with Crippen molar-refractivity contribution in [3.63, 3.8) is 0 Å². The maximum Gasteiger partial charge on any atom is 0.326 e. The normalized spacial score (nSPS) is 11.9. The van der Waals surface area contributed by atoms with Gasteiger partial charge in [-0.15, -0.1) is 0 Å². The average Bonchev–Trinajstić information content (AvgIpc) is 2.31. The lowest BCUT2D eigenvalue weighted by Gasteiger charge is -2.13. The molecule has 0 saturated heterocycles. The number of hydrogen-bond donors (Lipinski definition) is 2. The fraction of sp³-hybridized carbons (Fsp3) is 0.385. The number of amides is 1. The molecule has 1 aromatic carbocycles. The van der Waals surface area contributed by atoms with Crippen molar-refractivity contribution in [2.75, 3.05) is 0 Å². The summed E-state index contributed by atoms with van der Waals surface area (Å²) in [4.78, 5) is 22.6. The molecule has 0 fully saturated rings. The molecule has 0 bridgehead atoms. The third kappa shape index (κ3) is 5.03. The second-order valence-electron chi connectivity index (χ2n) is 4.05. The number of hydrogen-bond acceptors (Lipinski definition) is 2. The van der Waals surface area contributed by atoms with Gasteiger partial charge in [0.15, 0.2) is 0 Å². The van der Waals surface area contributed by atoms with E-state index in [9.17, 15) is 9.59 Å². The van der Waals surface area contributed by atoms with Gasteiger partial charge in [-0.05, 0) is 46.7 Å². The number of rotatable bonds is 6. The highest BCUT2D eigenvalue weighted by atomic mass is 127. The molecule has 18 heavy (non-hydrogen) atoms. The van der Waals surface area contributed by atoms with Gasteiger partial charge in [-0.2, -0.15) is 0 Å². The summed E-state index contributed by atoms with van der Waals surface area (Å²) in [6.07, 6.45) is 1.39. The topological polar surface area (TPSA) is 66.4 Å². The van der Waals surface area contributed by atoms with E-state index < -0.39 is 12.0 Å². The Morgan fingerprint density at radius 2 is 1.94 bits per heavy atom. The van der Waals surface area contributed by atoms with Crippen LogP contribution in [-0.2, 0) is 16.0 Å². The molecule has 0 heterocycles. The molecule has 5 heteroatoms. The largest absolute Gasteiger partial charge is 0.480 e.